The summed E-state index contributed by atoms with van der Waals surface area (Å²) in [6.45, 7) is 3.05. The minimum Gasteiger partial charge on any atom is -0.350 e. The van der Waals surface area contributed by atoms with E-state index in [4.69, 9.17) is 0 Å². The van der Waals surface area contributed by atoms with Crippen LogP contribution < -0.4 is 10.5 Å². The van der Waals surface area contributed by atoms with E-state index < -0.39 is 0 Å². The zero-order valence-electron chi connectivity index (χ0n) is 11.4. The molecule has 0 spiro atoms. The molecule has 21 heavy (non-hydrogen) atoms. The molecule has 0 aromatic carbocycles. The van der Waals surface area contributed by atoms with E-state index in [0.717, 1.165) is 30.0 Å². The molecule has 1 aliphatic rings. The highest BCUT2D eigenvalue weighted by atomic mass is 16.1. The zero-order valence-corrected chi connectivity index (χ0v) is 11.4. The lowest BCUT2D eigenvalue weighted by Gasteiger charge is -2.28. The van der Waals surface area contributed by atoms with Crippen LogP contribution in [0, 0.1) is 6.92 Å². The Morgan fingerprint density at radius 3 is 3.10 bits per heavy atom. The lowest BCUT2D eigenvalue weighted by Crippen LogP contribution is -2.36. The van der Waals surface area contributed by atoms with Crippen LogP contribution in [0.4, 0.5) is 5.82 Å². The van der Waals surface area contributed by atoms with Gasteiger partial charge in [-0.3, -0.25) is 4.79 Å². The molecule has 0 fully saturated rings. The molecule has 106 valence electrons. The van der Waals surface area contributed by atoms with Crippen molar-refractivity contribution in [3.05, 3.63) is 40.1 Å². The Kier molecular flexibility index (Phi) is 2.50. The van der Waals surface area contributed by atoms with Crippen molar-refractivity contribution in [1.29, 1.82) is 0 Å². The summed E-state index contributed by atoms with van der Waals surface area (Å²) in [5.74, 6) is 1.42. The smallest absolute Gasteiger partial charge is 0.256 e. The summed E-state index contributed by atoms with van der Waals surface area (Å²) < 4.78 is 0. The van der Waals surface area contributed by atoms with Crippen LogP contribution in [0.1, 0.15) is 17.1 Å². The third kappa shape index (κ3) is 1.87. The predicted octanol–water partition coefficient (Wildman–Crippen LogP) is 0.307. The van der Waals surface area contributed by atoms with Gasteiger partial charge in [-0.2, -0.15) is 0 Å². The Bertz CT molecular complexity index is 882. The highest BCUT2D eigenvalue weighted by Gasteiger charge is 2.23. The standard InChI is InChI=1S/C13H13N7O/c1-7-18-9-2-3-20(4-8(9)13(21)19-7)12-10-11(15-5-14-10)16-6-17-12/h5-6H,2-4H2,1H3,(H,18,19,21)(H,14,15,16,17). The van der Waals surface area contributed by atoms with Gasteiger partial charge in [0.2, 0.25) is 0 Å². The molecule has 1 aliphatic heterocycles. The molecule has 0 saturated carbocycles. The lowest BCUT2D eigenvalue weighted by molar-refractivity contribution is 0.685. The van der Waals surface area contributed by atoms with Crippen molar-refractivity contribution in [1.82, 2.24) is 29.9 Å². The van der Waals surface area contributed by atoms with Gasteiger partial charge >= 0.3 is 0 Å². The predicted molar refractivity (Wildman–Crippen MR) is 76.0 cm³/mol. The summed E-state index contributed by atoms with van der Waals surface area (Å²) in [5, 5.41) is 0. The van der Waals surface area contributed by atoms with E-state index in [1.165, 1.54) is 6.33 Å². The van der Waals surface area contributed by atoms with E-state index in [9.17, 15) is 4.79 Å². The first-order valence-corrected chi connectivity index (χ1v) is 6.70. The molecule has 0 saturated heterocycles. The van der Waals surface area contributed by atoms with Crippen LogP contribution in [0.3, 0.4) is 0 Å². The van der Waals surface area contributed by atoms with Gasteiger partial charge in [-0.1, -0.05) is 0 Å². The molecule has 8 heteroatoms. The number of rotatable bonds is 1. The second kappa shape index (κ2) is 4.37. The molecule has 8 nitrogen and oxygen atoms in total. The third-order valence-electron chi connectivity index (χ3n) is 3.69. The van der Waals surface area contributed by atoms with Gasteiger partial charge in [0, 0.05) is 13.0 Å². The normalized spacial score (nSPS) is 14.4. The van der Waals surface area contributed by atoms with Gasteiger partial charge in [-0.15, -0.1) is 0 Å². The second-order valence-electron chi connectivity index (χ2n) is 5.05. The molecule has 3 aromatic heterocycles. The number of nitrogens with zero attached hydrogens (tertiary/aromatic N) is 5. The first-order valence-electron chi connectivity index (χ1n) is 6.70. The van der Waals surface area contributed by atoms with Crippen LogP contribution >= 0.6 is 0 Å². The minimum absolute atomic E-state index is 0.0721. The highest BCUT2D eigenvalue weighted by Crippen LogP contribution is 2.24. The van der Waals surface area contributed by atoms with Gasteiger partial charge in [-0.25, -0.2) is 19.9 Å². The van der Waals surface area contributed by atoms with Crippen molar-refractivity contribution in [3.8, 4) is 0 Å². The number of hydrogen-bond acceptors (Lipinski definition) is 6. The molecule has 4 heterocycles. The van der Waals surface area contributed by atoms with Crippen molar-refractivity contribution < 1.29 is 0 Å². The number of nitrogens with one attached hydrogen (secondary N) is 2. The molecule has 4 rings (SSSR count). The van der Waals surface area contributed by atoms with Crippen LogP contribution in [-0.2, 0) is 13.0 Å². The van der Waals surface area contributed by atoms with Crippen molar-refractivity contribution in [3.63, 3.8) is 0 Å². The number of aromatic amines is 2. The maximum absolute atomic E-state index is 12.1. The minimum atomic E-state index is -0.0721. The molecule has 0 unspecified atom stereocenters. The van der Waals surface area contributed by atoms with Crippen LogP contribution in [-0.4, -0.2) is 36.4 Å². The molecule has 2 N–H and O–H groups in total. The Morgan fingerprint density at radius 2 is 2.19 bits per heavy atom. The highest BCUT2D eigenvalue weighted by molar-refractivity contribution is 5.82. The Balaban J connectivity index is 1.79. The first kappa shape index (κ1) is 12.0. The van der Waals surface area contributed by atoms with Crippen molar-refractivity contribution >= 4 is 17.0 Å². The fraction of sp³-hybridized carbons (Fsp3) is 0.308. The van der Waals surface area contributed by atoms with Crippen molar-refractivity contribution in [2.75, 3.05) is 11.4 Å². The summed E-state index contributed by atoms with van der Waals surface area (Å²) in [6, 6.07) is 0. The van der Waals surface area contributed by atoms with Crippen LogP contribution in [0.5, 0.6) is 0 Å². The lowest BCUT2D eigenvalue weighted by atomic mass is 10.1. The topological polar surface area (TPSA) is 103 Å². The van der Waals surface area contributed by atoms with E-state index in [2.05, 4.69) is 34.8 Å². The molecular formula is C13H13N7O. The fourth-order valence-corrected chi connectivity index (χ4v) is 2.72. The summed E-state index contributed by atoms with van der Waals surface area (Å²) in [7, 11) is 0. The van der Waals surface area contributed by atoms with Crippen molar-refractivity contribution in [2.24, 2.45) is 0 Å². The summed E-state index contributed by atoms with van der Waals surface area (Å²) in [5.41, 5.74) is 2.93. The van der Waals surface area contributed by atoms with E-state index in [0.29, 0.717) is 23.6 Å². The van der Waals surface area contributed by atoms with Gasteiger partial charge in [0.05, 0.1) is 24.1 Å². The largest absolute Gasteiger partial charge is 0.350 e. The Hall–Kier alpha value is -2.77. The van der Waals surface area contributed by atoms with E-state index in [1.54, 1.807) is 13.3 Å². The molecule has 3 aromatic rings. The Morgan fingerprint density at radius 1 is 1.29 bits per heavy atom. The first-order chi connectivity index (χ1) is 10.2. The molecule has 0 radical (unpaired) electrons. The SMILES string of the molecule is Cc1nc2c(c(=O)[nH]1)CN(c1ncnc3nc[nH]c13)CC2. The number of anilines is 1. The average molecular weight is 283 g/mol. The number of hydrogen-bond donors (Lipinski definition) is 2. The van der Waals surface area contributed by atoms with E-state index in [-0.39, 0.29) is 5.56 Å². The fourth-order valence-electron chi connectivity index (χ4n) is 2.72. The number of aromatic nitrogens is 6. The van der Waals surface area contributed by atoms with Crippen LogP contribution in [0.15, 0.2) is 17.4 Å². The van der Waals surface area contributed by atoms with Gasteiger partial charge in [0.15, 0.2) is 11.5 Å². The van der Waals surface area contributed by atoms with Gasteiger partial charge < -0.3 is 14.9 Å². The number of H-pyrrole nitrogens is 2. The maximum Gasteiger partial charge on any atom is 0.256 e. The van der Waals surface area contributed by atoms with E-state index in [1.807, 2.05) is 0 Å². The molecule has 0 bridgehead atoms. The monoisotopic (exact) mass is 283 g/mol. The van der Waals surface area contributed by atoms with Gasteiger partial charge in [0.25, 0.3) is 5.56 Å². The average Bonchev–Trinajstić information content (AvgIpc) is 2.95. The van der Waals surface area contributed by atoms with Crippen LogP contribution in [0.2, 0.25) is 0 Å². The third-order valence-corrected chi connectivity index (χ3v) is 3.69. The Labute approximate surface area is 119 Å². The summed E-state index contributed by atoms with van der Waals surface area (Å²) in [4.78, 5) is 37.0. The summed E-state index contributed by atoms with van der Waals surface area (Å²) in [6.07, 6.45) is 3.81. The number of aryl methyl sites for hydroxylation is 1. The van der Waals surface area contributed by atoms with Crippen molar-refractivity contribution in [2.45, 2.75) is 19.9 Å². The van der Waals surface area contributed by atoms with Crippen LogP contribution in [0.25, 0.3) is 11.2 Å². The van der Waals surface area contributed by atoms with Gasteiger partial charge in [0.1, 0.15) is 17.7 Å². The molecule has 0 aliphatic carbocycles. The zero-order chi connectivity index (χ0) is 14.4. The molecule has 0 atom stereocenters. The summed E-state index contributed by atoms with van der Waals surface area (Å²) >= 11 is 0. The van der Waals surface area contributed by atoms with E-state index >= 15 is 0 Å². The molecule has 0 amide bonds. The quantitative estimate of drug-likeness (QED) is 0.666. The maximum atomic E-state index is 12.1. The molecular weight excluding hydrogens is 270 g/mol. The number of fused-ring (bicyclic) bond motifs is 2. The second-order valence-corrected chi connectivity index (χ2v) is 5.05. The number of imidazole rings is 1. The van der Waals surface area contributed by atoms with Gasteiger partial charge in [-0.05, 0) is 6.92 Å².